The fourth-order valence-electron chi connectivity index (χ4n) is 3.16. The van der Waals surface area contributed by atoms with Crippen molar-refractivity contribution in [3.05, 3.63) is 72.3 Å². The van der Waals surface area contributed by atoms with Gasteiger partial charge in [0.05, 0.1) is 29.8 Å². The van der Waals surface area contributed by atoms with E-state index in [2.05, 4.69) is 20.3 Å². The molecule has 9 nitrogen and oxygen atoms in total. The number of nitrogens with zero attached hydrogens (tertiary/aromatic N) is 3. The van der Waals surface area contributed by atoms with Crippen LogP contribution in [0, 0.1) is 0 Å². The number of pyridine rings is 1. The maximum Gasteiger partial charge on any atom is 0.434 e. The van der Waals surface area contributed by atoms with Crippen LogP contribution in [0.4, 0.5) is 19.0 Å². The number of carbonyl (C=O) groups is 1. The molecular weight excluding hydrogens is 467 g/mol. The lowest BCUT2D eigenvalue weighted by molar-refractivity contribution is -0.141. The Morgan fingerprint density at radius 2 is 1.86 bits per heavy atom. The molecule has 1 fully saturated rings. The molecule has 35 heavy (non-hydrogen) atoms. The van der Waals surface area contributed by atoms with Gasteiger partial charge in [-0.3, -0.25) is 14.8 Å². The number of nitrogen functional groups attached to an aromatic ring is 1. The van der Waals surface area contributed by atoms with Crippen LogP contribution in [0.2, 0.25) is 0 Å². The van der Waals surface area contributed by atoms with Crippen molar-refractivity contribution < 1.29 is 32.9 Å². The van der Waals surface area contributed by atoms with Crippen LogP contribution in [0.3, 0.4) is 0 Å². The van der Waals surface area contributed by atoms with E-state index in [1.807, 2.05) is 30.3 Å². The van der Waals surface area contributed by atoms with Gasteiger partial charge in [-0.1, -0.05) is 30.3 Å². The van der Waals surface area contributed by atoms with Gasteiger partial charge >= 0.3 is 6.18 Å². The van der Waals surface area contributed by atoms with Crippen molar-refractivity contribution >= 4 is 11.7 Å². The Kier molecular flexibility index (Phi) is 8.68. The first-order valence-electron chi connectivity index (χ1n) is 10.6. The number of nitrogens with one attached hydrogen (secondary N) is 1. The summed E-state index contributed by atoms with van der Waals surface area (Å²) in [7, 11) is 0. The molecule has 186 valence electrons. The topological polar surface area (TPSA) is 143 Å². The third-order valence-corrected chi connectivity index (χ3v) is 5.02. The Morgan fingerprint density at radius 3 is 2.46 bits per heavy atom. The summed E-state index contributed by atoms with van der Waals surface area (Å²) in [6.07, 6.45) is -3.28. The summed E-state index contributed by atoms with van der Waals surface area (Å²) in [5.41, 5.74) is 6.12. The molecule has 5 N–H and O–H groups in total. The van der Waals surface area contributed by atoms with Crippen molar-refractivity contribution in [2.45, 2.75) is 30.9 Å². The van der Waals surface area contributed by atoms with Gasteiger partial charge in [-0.05, 0) is 18.6 Å². The number of hydrogen-bond donors (Lipinski definition) is 4. The van der Waals surface area contributed by atoms with Gasteiger partial charge in [0.15, 0.2) is 5.69 Å². The SMILES string of the molecule is Nc1cncc(C(F)(F)F)n1.O=C(NCC1OCCC(O)C1O)c1ccc(-c2ccccc2)nc1. The van der Waals surface area contributed by atoms with Crippen molar-refractivity contribution in [1.29, 1.82) is 0 Å². The molecule has 1 aromatic carbocycles. The van der Waals surface area contributed by atoms with Crippen LogP contribution in [-0.4, -0.2) is 62.5 Å². The Balaban J connectivity index is 0.000000261. The zero-order valence-corrected chi connectivity index (χ0v) is 18.4. The van der Waals surface area contributed by atoms with Gasteiger partial charge in [-0.2, -0.15) is 13.2 Å². The first-order valence-corrected chi connectivity index (χ1v) is 10.6. The fourth-order valence-corrected chi connectivity index (χ4v) is 3.16. The number of aliphatic hydroxyl groups is 2. The Morgan fingerprint density at radius 1 is 1.11 bits per heavy atom. The lowest BCUT2D eigenvalue weighted by Crippen LogP contribution is -2.49. The van der Waals surface area contributed by atoms with E-state index >= 15 is 0 Å². The van der Waals surface area contributed by atoms with Gasteiger partial charge in [0.25, 0.3) is 5.91 Å². The molecular formula is C23H24F3N5O4. The number of carbonyl (C=O) groups excluding carboxylic acids is 1. The van der Waals surface area contributed by atoms with Crippen LogP contribution in [0.15, 0.2) is 61.1 Å². The van der Waals surface area contributed by atoms with Gasteiger partial charge in [-0.15, -0.1) is 0 Å². The summed E-state index contributed by atoms with van der Waals surface area (Å²) in [5.74, 6) is -0.530. The maximum atomic E-state index is 12.2. The number of anilines is 1. The van der Waals surface area contributed by atoms with Crippen LogP contribution < -0.4 is 11.1 Å². The zero-order valence-electron chi connectivity index (χ0n) is 18.4. The van der Waals surface area contributed by atoms with E-state index in [9.17, 15) is 28.2 Å². The first kappa shape index (κ1) is 26.0. The van der Waals surface area contributed by atoms with Gasteiger partial charge in [0, 0.05) is 24.9 Å². The summed E-state index contributed by atoms with van der Waals surface area (Å²) in [5, 5.41) is 22.2. The fraction of sp³-hybridized carbons (Fsp3) is 0.304. The highest BCUT2D eigenvalue weighted by atomic mass is 19.4. The predicted molar refractivity (Wildman–Crippen MR) is 120 cm³/mol. The number of aliphatic hydroxyl groups excluding tert-OH is 2. The minimum Gasteiger partial charge on any atom is -0.390 e. The molecule has 4 rings (SSSR count). The summed E-state index contributed by atoms with van der Waals surface area (Å²) < 4.78 is 40.8. The van der Waals surface area contributed by atoms with Crippen molar-refractivity contribution in [1.82, 2.24) is 20.3 Å². The Hall–Kier alpha value is -3.61. The average molecular weight is 491 g/mol. The normalized spacial score (nSPS) is 19.9. The predicted octanol–water partition coefficient (Wildman–Crippen LogP) is 2.07. The third kappa shape index (κ3) is 7.44. The molecule has 3 unspecified atom stereocenters. The van der Waals surface area contributed by atoms with Crippen LogP contribution >= 0.6 is 0 Å². The van der Waals surface area contributed by atoms with E-state index in [1.165, 1.54) is 6.20 Å². The summed E-state index contributed by atoms with van der Waals surface area (Å²) in [6.45, 7) is 0.504. The molecule has 1 saturated heterocycles. The number of rotatable bonds is 4. The van der Waals surface area contributed by atoms with Crippen LogP contribution in [0.5, 0.6) is 0 Å². The molecule has 3 atom stereocenters. The molecule has 3 heterocycles. The number of alkyl halides is 3. The molecule has 12 heteroatoms. The van der Waals surface area contributed by atoms with Gasteiger partial charge in [-0.25, -0.2) is 4.98 Å². The summed E-state index contributed by atoms with van der Waals surface area (Å²) >= 11 is 0. The lowest BCUT2D eigenvalue weighted by Gasteiger charge is -2.32. The largest absolute Gasteiger partial charge is 0.434 e. The molecule has 3 aromatic rings. The van der Waals surface area contributed by atoms with Crippen LogP contribution in [0.1, 0.15) is 22.5 Å². The third-order valence-electron chi connectivity index (χ3n) is 5.02. The lowest BCUT2D eigenvalue weighted by atomic mass is 10.0. The molecule has 0 bridgehead atoms. The highest BCUT2D eigenvalue weighted by Crippen LogP contribution is 2.26. The second-order valence-electron chi connectivity index (χ2n) is 7.59. The van der Waals surface area contributed by atoms with Gasteiger partial charge < -0.3 is 26.0 Å². The molecule has 0 radical (unpaired) electrons. The van der Waals surface area contributed by atoms with Crippen molar-refractivity contribution in [2.75, 3.05) is 18.9 Å². The first-order chi connectivity index (χ1) is 16.6. The summed E-state index contributed by atoms with van der Waals surface area (Å²) in [4.78, 5) is 22.8. The standard InChI is InChI=1S/C18H20N2O4.C5H4F3N3/c21-15-8-9-24-16(17(15)22)11-20-18(23)13-6-7-14(19-10-13)12-4-2-1-3-5-12;6-5(7,8)3-1-10-2-4(9)11-3/h1-7,10,15-17,21-22H,8-9,11H2,(H,20,23);1-2H,(H2,9,11). The molecule has 0 saturated carbocycles. The summed E-state index contributed by atoms with van der Waals surface area (Å²) in [6, 6.07) is 13.2. The number of ether oxygens (including phenoxy) is 1. The Bertz CT molecular complexity index is 1100. The van der Waals surface area contributed by atoms with Crippen LogP contribution in [0.25, 0.3) is 11.3 Å². The number of amides is 1. The van der Waals surface area contributed by atoms with E-state index < -0.39 is 30.2 Å². The van der Waals surface area contributed by atoms with Crippen molar-refractivity contribution in [3.63, 3.8) is 0 Å². The quantitative estimate of drug-likeness (QED) is 0.434. The second-order valence-corrected chi connectivity index (χ2v) is 7.59. The number of halogens is 3. The number of aromatic nitrogens is 3. The molecule has 1 aliphatic heterocycles. The zero-order chi connectivity index (χ0) is 25.4. The molecule has 0 spiro atoms. The van der Waals surface area contributed by atoms with E-state index in [0.717, 1.165) is 17.5 Å². The maximum absolute atomic E-state index is 12.2. The van der Waals surface area contributed by atoms with E-state index in [4.69, 9.17) is 10.5 Å². The van der Waals surface area contributed by atoms with Crippen molar-refractivity contribution in [3.8, 4) is 11.3 Å². The average Bonchev–Trinajstić information content (AvgIpc) is 2.85. The minimum absolute atomic E-state index is 0.136. The number of hydrogen-bond acceptors (Lipinski definition) is 8. The molecule has 1 amide bonds. The second kappa shape index (κ2) is 11.7. The molecule has 1 aliphatic rings. The Labute approximate surface area is 198 Å². The van der Waals surface area contributed by atoms with E-state index in [-0.39, 0.29) is 18.3 Å². The molecule has 2 aromatic heterocycles. The monoisotopic (exact) mass is 491 g/mol. The number of benzene rings is 1. The minimum atomic E-state index is -4.47. The number of nitrogens with two attached hydrogens (primary N) is 1. The van der Waals surface area contributed by atoms with Crippen LogP contribution in [-0.2, 0) is 10.9 Å². The van der Waals surface area contributed by atoms with Gasteiger partial charge in [0.1, 0.15) is 18.0 Å². The van der Waals surface area contributed by atoms with E-state index in [1.54, 1.807) is 12.1 Å². The highest BCUT2D eigenvalue weighted by Gasteiger charge is 2.33. The van der Waals surface area contributed by atoms with E-state index in [0.29, 0.717) is 24.8 Å². The molecule has 0 aliphatic carbocycles. The van der Waals surface area contributed by atoms with Crippen molar-refractivity contribution in [2.24, 2.45) is 0 Å². The smallest absolute Gasteiger partial charge is 0.390 e. The van der Waals surface area contributed by atoms with Gasteiger partial charge in [0.2, 0.25) is 0 Å². The highest BCUT2D eigenvalue weighted by molar-refractivity contribution is 5.94.